The summed E-state index contributed by atoms with van der Waals surface area (Å²) in [5.74, 6) is 0. The number of hydrogen-bond donors (Lipinski definition) is 0. The molecule has 0 aromatic heterocycles. The highest BCUT2D eigenvalue weighted by atomic mass is 14.2. The summed E-state index contributed by atoms with van der Waals surface area (Å²) in [5.41, 5.74) is 4.55. The molecule has 1 aliphatic carbocycles. The third-order valence-electron chi connectivity index (χ3n) is 3.40. The first kappa shape index (κ1) is 9.65. The Bertz CT molecular complexity index is 561. The fourth-order valence-corrected chi connectivity index (χ4v) is 2.65. The molecule has 0 aliphatic heterocycles. The monoisotopic (exact) mass is 208 g/mol. The largest absolute Gasteiger partial charge is 0.0652 e. The minimum absolute atomic E-state index is 1.16. The van der Waals surface area contributed by atoms with Gasteiger partial charge >= 0.3 is 0 Å². The lowest BCUT2D eigenvalue weighted by atomic mass is 10.0. The maximum atomic E-state index is 2.40. The van der Waals surface area contributed by atoms with E-state index in [9.17, 15) is 0 Å². The van der Waals surface area contributed by atoms with Crippen LogP contribution in [0.3, 0.4) is 0 Å². The Hall–Kier alpha value is -1.56. The number of allylic oxidation sites excluding steroid dienone is 1. The molecule has 2 aromatic rings. The first-order chi connectivity index (χ1) is 7.88. The van der Waals surface area contributed by atoms with Gasteiger partial charge in [0, 0.05) is 0 Å². The van der Waals surface area contributed by atoms with Crippen molar-refractivity contribution >= 4 is 16.8 Å². The van der Waals surface area contributed by atoms with Crippen LogP contribution in [-0.4, -0.2) is 0 Å². The van der Waals surface area contributed by atoms with Crippen LogP contribution in [0.5, 0.6) is 0 Å². The molecule has 0 amide bonds. The fraction of sp³-hybridized carbons (Fsp3) is 0.250. The van der Waals surface area contributed by atoms with Crippen molar-refractivity contribution in [2.24, 2.45) is 0 Å². The molecule has 0 heteroatoms. The molecule has 0 radical (unpaired) electrons. The maximum Gasteiger partial charge on any atom is -0.00576 e. The summed E-state index contributed by atoms with van der Waals surface area (Å²) in [5, 5.41) is 2.77. The Morgan fingerprint density at radius 2 is 1.94 bits per heavy atom. The molecular weight excluding hydrogens is 192 g/mol. The minimum atomic E-state index is 1.16. The van der Waals surface area contributed by atoms with Gasteiger partial charge in [-0.2, -0.15) is 0 Å². The highest BCUT2D eigenvalue weighted by Crippen LogP contribution is 2.33. The lowest BCUT2D eigenvalue weighted by Gasteiger charge is -2.03. The zero-order valence-corrected chi connectivity index (χ0v) is 9.66. The van der Waals surface area contributed by atoms with Gasteiger partial charge in [-0.05, 0) is 34.7 Å². The first-order valence-electron chi connectivity index (χ1n) is 6.08. The van der Waals surface area contributed by atoms with E-state index >= 15 is 0 Å². The van der Waals surface area contributed by atoms with Crippen LogP contribution in [0.25, 0.3) is 16.8 Å². The van der Waals surface area contributed by atoms with Crippen molar-refractivity contribution in [2.45, 2.75) is 26.2 Å². The van der Waals surface area contributed by atoms with E-state index in [0.29, 0.717) is 0 Å². The summed E-state index contributed by atoms with van der Waals surface area (Å²) in [4.78, 5) is 0. The number of rotatable bonds is 2. The average molecular weight is 208 g/mol. The van der Waals surface area contributed by atoms with E-state index in [2.05, 4.69) is 49.4 Å². The van der Waals surface area contributed by atoms with E-state index < -0.39 is 0 Å². The third kappa shape index (κ3) is 1.46. The summed E-state index contributed by atoms with van der Waals surface area (Å²) in [6.45, 7) is 2.25. The van der Waals surface area contributed by atoms with Gasteiger partial charge in [0.2, 0.25) is 0 Å². The Labute approximate surface area is 96.6 Å². The van der Waals surface area contributed by atoms with E-state index in [1.54, 1.807) is 5.57 Å². The zero-order chi connectivity index (χ0) is 11.0. The Balaban J connectivity index is 2.17. The van der Waals surface area contributed by atoms with Crippen molar-refractivity contribution < 1.29 is 0 Å². The second kappa shape index (κ2) is 3.79. The summed E-state index contributed by atoms with van der Waals surface area (Å²) in [6, 6.07) is 13.2. The molecule has 16 heavy (non-hydrogen) atoms. The highest BCUT2D eigenvalue weighted by Gasteiger charge is 2.13. The Morgan fingerprint density at radius 1 is 1.06 bits per heavy atom. The van der Waals surface area contributed by atoms with Crippen LogP contribution < -0.4 is 0 Å². The molecule has 0 N–H and O–H groups in total. The van der Waals surface area contributed by atoms with E-state index in [0.717, 1.165) is 6.42 Å². The molecule has 2 aromatic carbocycles. The fourth-order valence-electron chi connectivity index (χ4n) is 2.65. The second-order valence-corrected chi connectivity index (χ2v) is 4.59. The van der Waals surface area contributed by atoms with E-state index in [1.807, 2.05) is 0 Å². The summed E-state index contributed by atoms with van der Waals surface area (Å²) >= 11 is 0. The second-order valence-electron chi connectivity index (χ2n) is 4.59. The summed E-state index contributed by atoms with van der Waals surface area (Å²) < 4.78 is 0. The predicted octanol–water partition coefficient (Wildman–Crippen LogP) is 4.58. The molecule has 0 spiro atoms. The molecule has 0 fully saturated rings. The molecule has 0 nitrogen and oxygen atoms in total. The van der Waals surface area contributed by atoms with Crippen LogP contribution in [0, 0.1) is 0 Å². The zero-order valence-electron chi connectivity index (χ0n) is 9.66. The Morgan fingerprint density at radius 3 is 2.81 bits per heavy atom. The van der Waals surface area contributed by atoms with Gasteiger partial charge in [0.15, 0.2) is 0 Å². The molecule has 1 aliphatic rings. The number of benzene rings is 2. The molecule has 0 heterocycles. The van der Waals surface area contributed by atoms with Gasteiger partial charge in [0.1, 0.15) is 0 Å². The average Bonchev–Trinajstić information content (AvgIpc) is 2.72. The Kier molecular flexibility index (Phi) is 2.28. The van der Waals surface area contributed by atoms with Gasteiger partial charge in [0.25, 0.3) is 0 Å². The first-order valence-corrected chi connectivity index (χ1v) is 6.08. The normalized spacial score (nSPS) is 13.9. The third-order valence-corrected chi connectivity index (χ3v) is 3.40. The standard InChI is InChI=1S/C16H16/c1-2-5-12-10-14-9-8-13-6-3-4-7-15(13)16(14)11-12/h3-4,6-9,11H,2,5,10H2,1H3. The molecule has 0 bridgehead atoms. The smallest absolute Gasteiger partial charge is 0.00576 e. The van der Waals surface area contributed by atoms with Crippen LogP contribution in [0.1, 0.15) is 30.9 Å². The molecule has 0 saturated carbocycles. The van der Waals surface area contributed by atoms with Crippen molar-refractivity contribution in [1.29, 1.82) is 0 Å². The van der Waals surface area contributed by atoms with Gasteiger partial charge < -0.3 is 0 Å². The molecular formula is C16H16. The van der Waals surface area contributed by atoms with Crippen LogP contribution in [-0.2, 0) is 6.42 Å². The predicted molar refractivity (Wildman–Crippen MR) is 70.5 cm³/mol. The molecule has 80 valence electrons. The van der Waals surface area contributed by atoms with Crippen molar-refractivity contribution in [2.75, 3.05) is 0 Å². The van der Waals surface area contributed by atoms with E-state index in [1.165, 1.54) is 34.7 Å². The van der Waals surface area contributed by atoms with E-state index in [-0.39, 0.29) is 0 Å². The van der Waals surface area contributed by atoms with Crippen molar-refractivity contribution in [3.63, 3.8) is 0 Å². The van der Waals surface area contributed by atoms with E-state index in [4.69, 9.17) is 0 Å². The van der Waals surface area contributed by atoms with Gasteiger partial charge in [-0.1, -0.05) is 61.4 Å². The van der Waals surface area contributed by atoms with Gasteiger partial charge in [-0.15, -0.1) is 0 Å². The SMILES string of the molecule is CCCC1=Cc2c(ccc3ccccc23)C1. The van der Waals surface area contributed by atoms with Crippen LogP contribution in [0.4, 0.5) is 0 Å². The van der Waals surface area contributed by atoms with Gasteiger partial charge in [0.05, 0.1) is 0 Å². The number of hydrogen-bond acceptors (Lipinski definition) is 0. The highest BCUT2D eigenvalue weighted by molar-refractivity contribution is 5.93. The van der Waals surface area contributed by atoms with Crippen molar-refractivity contribution in [3.8, 4) is 0 Å². The van der Waals surface area contributed by atoms with Crippen LogP contribution in [0.2, 0.25) is 0 Å². The van der Waals surface area contributed by atoms with Gasteiger partial charge in [-0.3, -0.25) is 0 Å². The molecule has 0 unspecified atom stereocenters. The molecule has 0 saturated heterocycles. The summed E-state index contributed by atoms with van der Waals surface area (Å²) in [6.07, 6.45) is 6.05. The van der Waals surface area contributed by atoms with Crippen LogP contribution in [0.15, 0.2) is 42.0 Å². The molecule has 3 rings (SSSR count). The van der Waals surface area contributed by atoms with Gasteiger partial charge in [-0.25, -0.2) is 0 Å². The topological polar surface area (TPSA) is 0 Å². The lowest BCUT2D eigenvalue weighted by molar-refractivity contribution is 0.886. The minimum Gasteiger partial charge on any atom is -0.0652 e. The van der Waals surface area contributed by atoms with Crippen molar-refractivity contribution in [3.05, 3.63) is 53.1 Å². The quantitative estimate of drug-likeness (QED) is 0.677. The van der Waals surface area contributed by atoms with Crippen LogP contribution >= 0.6 is 0 Å². The number of fused-ring (bicyclic) bond motifs is 3. The molecule has 0 atom stereocenters. The summed E-state index contributed by atoms with van der Waals surface area (Å²) in [7, 11) is 0. The van der Waals surface area contributed by atoms with Crippen molar-refractivity contribution in [1.82, 2.24) is 0 Å². The maximum absolute atomic E-state index is 2.40. The lowest BCUT2D eigenvalue weighted by Crippen LogP contribution is -1.85.